The number of aromatic nitrogens is 2. The molecule has 1 heterocycles. The lowest BCUT2D eigenvalue weighted by atomic mass is 10.2. The zero-order chi connectivity index (χ0) is 10.0. The average molecular weight is 184 g/mol. The van der Waals surface area contributed by atoms with Crippen molar-refractivity contribution < 1.29 is 9.53 Å². The van der Waals surface area contributed by atoms with E-state index in [9.17, 15) is 9.59 Å². The maximum Gasteiger partial charge on any atom is 0.356 e. The predicted octanol–water partition coefficient (Wildman–Crippen LogP) is 0.0624. The second-order valence-corrected chi connectivity index (χ2v) is 2.66. The van der Waals surface area contributed by atoms with E-state index < -0.39 is 5.97 Å². The molecule has 13 heavy (non-hydrogen) atoms. The number of carbonyl (C=O) groups is 1. The summed E-state index contributed by atoms with van der Waals surface area (Å²) >= 11 is 0. The second kappa shape index (κ2) is 3.47. The molecule has 0 aliphatic heterocycles. The minimum atomic E-state index is -0.488. The maximum absolute atomic E-state index is 11.2. The molecule has 0 aromatic carbocycles. The molecule has 1 aromatic heterocycles. The first-order chi connectivity index (χ1) is 6.11. The van der Waals surface area contributed by atoms with Crippen LogP contribution in [0.2, 0.25) is 0 Å². The molecule has 0 amide bonds. The van der Waals surface area contributed by atoms with E-state index in [1.165, 1.54) is 18.7 Å². The zero-order valence-corrected chi connectivity index (χ0v) is 7.88. The molecule has 0 fully saturated rings. The quantitative estimate of drug-likeness (QED) is 0.661. The summed E-state index contributed by atoms with van der Waals surface area (Å²) in [6, 6.07) is 0. The van der Waals surface area contributed by atoms with Gasteiger partial charge in [-0.05, 0) is 6.42 Å². The summed E-state index contributed by atoms with van der Waals surface area (Å²) in [4.78, 5) is 24.9. The average Bonchev–Trinajstić information content (AvgIpc) is 2.42. The summed E-state index contributed by atoms with van der Waals surface area (Å²) in [5.41, 5.74) is 0.617. The summed E-state index contributed by atoms with van der Waals surface area (Å²) in [5, 5.41) is 0. The van der Waals surface area contributed by atoms with E-state index in [-0.39, 0.29) is 5.69 Å². The number of ether oxygens (including phenoxy) is 1. The Kier molecular flexibility index (Phi) is 2.55. The van der Waals surface area contributed by atoms with Gasteiger partial charge in [-0.25, -0.2) is 9.59 Å². The lowest BCUT2D eigenvalue weighted by Crippen LogP contribution is -2.17. The first-order valence-corrected chi connectivity index (χ1v) is 3.98. The normalized spacial score (nSPS) is 10.1. The van der Waals surface area contributed by atoms with Gasteiger partial charge in [-0.3, -0.25) is 4.57 Å². The molecule has 5 heteroatoms. The molecule has 0 atom stereocenters. The van der Waals surface area contributed by atoms with Gasteiger partial charge in [-0.2, -0.15) is 0 Å². The molecule has 0 spiro atoms. The van der Waals surface area contributed by atoms with Gasteiger partial charge in [0.15, 0.2) is 5.69 Å². The van der Waals surface area contributed by atoms with Crippen LogP contribution in [0.5, 0.6) is 0 Å². The maximum atomic E-state index is 11.2. The van der Waals surface area contributed by atoms with Gasteiger partial charge in [-0.1, -0.05) is 6.92 Å². The zero-order valence-electron chi connectivity index (χ0n) is 7.88. The first kappa shape index (κ1) is 9.57. The highest BCUT2D eigenvalue weighted by atomic mass is 16.5. The van der Waals surface area contributed by atoms with Crippen LogP contribution in [0.25, 0.3) is 0 Å². The van der Waals surface area contributed by atoms with Gasteiger partial charge < -0.3 is 9.72 Å². The van der Waals surface area contributed by atoms with Crippen LogP contribution in [0.3, 0.4) is 0 Å². The number of carbonyl (C=O) groups excluding carboxylic acids is 1. The molecular weight excluding hydrogens is 172 g/mol. The third-order valence-corrected chi connectivity index (χ3v) is 1.92. The van der Waals surface area contributed by atoms with Gasteiger partial charge in [0.25, 0.3) is 0 Å². The Morgan fingerprint density at radius 2 is 2.23 bits per heavy atom. The number of hydrogen-bond acceptors (Lipinski definition) is 3. The van der Waals surface area contributed by atoms with E-state index in [0.29, 0.717) is 17.8 Å². The molecule has 0 saturated carbocycles. The van der Waals surface area contributed by atoms with Gasteiger partial charge in [-0.15, -0.1) is 0 Å². The first-order valence-electron chi connectivity index (χ1n) is 3.98. The molecule has 1 aromatic rings. The fourth-order valence-corrected chi connectivity index (χ4v) is 1.19. The predicted molar refractivity (Wildman–Crippen MR) is 46.8 cm³/mol. The summed E-state index contributed by atoms with van der Waals surface area (Å²) in [6.45, 7) is 1.86. The van der Waals surface area contributed by atoms with Crippen molar-refractivity contribution in [2.75, 3.05) is 7.11 Å². The molecule has 0 aliphatic carbocycles. The van der Waals surface area contributed by atoms with Crippen molar-refractivity contribution >= 4 is 5.97 Å². The van der Waals surface area contributed by atoms with Crippen molar-refractivity contribution in [3.8, 4) is 0 Å². The van der Waals surface area contributed by atoms with Crippen molar-refractivity contribution in [1.29, 1.82) is 0 Å². The molecule has 0 aliphatic rings. The lowest BCUT2D eigenvalue weighted by molar-refractivity contribution is 0.0588. The van der Waals surface area contributed by atoms with Crippen LogP contribution >= 0.6 is 0 Å². The molecule has 5 nitrogen and oxygen atoms in total. The number of imidazole rings is 1. The molecule has 1 N–H and O–H groups in total. The Bertz CT molecular complexity index is 375. The van der Waals surface area contributed by atoms with Crippen molar-refractivity contribution in [3.05, 3.63) is 21.9 Å². The fourth-order valence-electron chi connectivity index (χ4n) is 1.19. The fraction of sp³-hybridized carbons (Fsp3) is 0.500. The van der Waals surface area contributed by atoms with Crippen LogP contribution < -0.4 is 5.69 Å². The Morgan fingerprint density at radius 3 is 2.69 bits per heavy atom. The summed E-state index contributed by atoms with van der Waals surface area (Å²) in [6.07, 6.45) is 0.598. The van der Waals surface area contributed by atoms with Crippen LogP contribution in [0.15, 0.2) is 4.79 Å². The van der Waals surface area contributed by atoms with E-state index in [0.717, 1.165) is 0 Å². The summed E-state index contributed by atoms with van der Waals surface area (Å²) < 4.78 is 5.81. The third kappa shape index (κ3) is 1.49. The van der Waals surface area contributed by atoms with Crippen molar-refractivity contribution in [3.63, 3.8) is 0 Å². The van der Waals surface area contributed by atoms with Crippen LogP contribution in [0.4, 0.5) is 0 Å². The number of methoxy groups -OCH3 is 1. The minimum Gasteiger partial charge on any atom is -0.464 e. The van der Waals surface area contributed by atoms with Crippen LogP contribution in [-0.2, 0) is 18.2 Å². The third-order valence-electron chi connectivity index (χ3n) is 1.92. The summed E-state index contributed by atoms with van der Waals surface area (Å²) in [5.74, 6) is -0.488. The topological polar surface area (TPSA) is 64.1 Å². The van der Waals surface area contributed by atoms with E-state index >= 15 is 0 Å². The minimum absolute atomic E-state index is 0.294. The van der Waals surface area contributed by atoms with Gasteiger partial charge >= 0.3 is 11.7 Å². The van der Waals surface area contributed by atoms with E-state index in [4.69, 9.17) is 0 Å². The number of aromatic amines is 1. The van der Waals surface area contributed by atoms with Gasteiger partial charge in [0, 0.05) is 7.05 Å². The number of esters is 1. The van der Waals surface area contributed by atoms with Crippen LogP contribution in [0, 0.1) is 0 Å². The van der Waals surface area contributed by atoms with E-state index in [1.807, 2.05) is 6.92 Å². The van der Waals surface area contributed by atoms with E-state index in [2.05, 4.69) is 9.72 Å². The van der Waals surface area contributed by atoms with Crippen molar-refractivity contribution in [2.24, 2.45) is 7.05 Å². The molecule has 0 radical (unpaired) electrons. The molecular formula is C8H12N2O3. The molecule has 72 valence electrons. The van der Waals surface area contributed by atoms with Gasteiger partial charge in [0.2, 0.25) is 0 Å². The molecule has 0 saturated heterocycles. The number of hydrogen-bond donors (Lipinski definition) is 1. The Morgan fingerprint density at radius 1 is 1.62 bits per heavy atom. The molecule has 0 bridgehead atoms. The summed E-state index contributed by atoms with van der Waals surface area (Å²) in [7, 11) is 2.82. The number of aryl methyl sites for hydroxylation is 1. The highest BCUT2D eigenvalue weighted by molar-refractivity contribution is 5.88. The number of nitrogens with zero attached hydrogens (tertiary/aromatic N) is 1. The monoisotopic (exact) mass is 184 g/mol. The Hall–Kier alpha value is -1.52. The van der Waals surface area contributed by atoms with E-state index in [1.54, 1.807) is 0 Å². The Balaban J connectivity index is 3.32. The largest absolute Gasteiger partial charge is 0.464 e. The molecule has 0 unspecified atom stereocenters. The van der Waals surface area contributed by atoms with Crippen LogP contribution in [-0.4, -0.2) is 22.6 Å². The highest BCUT2D eigenvalue weighted by Gasteiger charge is 2.17. The second-order valence-electron chi connectivity index (χ2n) is 2.66. The number of H-pyrrole nitrogens is 1. The highest BCUT2D eigenvalue weighted by Crippen LogP contribution is 2.04. The van der Waals surface area contributed by atoms with Crippen molar-refractivity contribution in [1.82, 2.24) is 9.55 Å². The van der Waals surface area contributed by atoms with Crippen molar-refractivity contribution in [2.45, 2.75) is 13.3 Å². The number of rotatable bonds is 2. The smallest absolute Gasteiger partial charge is 0.356 e. The molecule has 1 rings (SSSR count). The standard InChI is InChI=1S/C8H12N2O3/c1-4-5-6(7(11)13-3)10(2)8(12)9-5/h4H2,1-3H3,(H,9,12). The SMILES string of the molecule is CCc1[nH]c(=O)n(C)c1C(=O)OC. The Labute approximate surface area is 75.3 Å². The number of nitrogens with one attached hydrogen (secondary N) is 1. The van der Waals surface area contributed by atoms with Gasteiger partial charge in [0.05, 0.1) is 12.8 Å². The lowest BCUT2D eigenvalue weighted by Gasteiger charge is -2.00. The van der Waals surface area contributed by atoms with Gasteiger partial charge in [0.1, 0.15) is 0 Å². The van der Waals surface area contributed by atoms with Crippen LogP contribution in [0.1, 0.15) is 23.1 Å².